The molecule has 0 bridgehead atoms. The molecule has 158 valence electrons. The number of nitro benzene ring substituents is 1. The van der Waals surface area contributed by atoms with E-state index in [1.54, 1.807) is 18.2 Å². The molecule has 0 saturated heterocycles. The Kier molecular flexibility index (Phi) is 8.25. The monoisotopic (exact) mass is 494 g/mol. The van der Waals surface area contributed by atoms with Crippen LogP contribution in [0.3, 0.4) is 0 Å². The molecule has 2 rings (SSSR count). The van der Waals surface area contributed by atoms with Crippen molar-refractivity contribution < 1.29 is 19.2 Å². The van der Waals surface area contributed by atoms with Crippen LogP contribution < -0.4 is 20.9 Å². The molecule has 0 spiro atoms. The summed E-state index contributed by atoms with van der Waals surface area (Å²) in [4.78, 5) is 34.6. The van der Waals surface area contributed by atoms with Crippen LogP contribution in [0.1, 0.15) is 34.6 Å². The maximum Gasteiger partial charge on any atom is 0.270 e. The molecule has 0 heterocycles. The van der Waals surface area contributed by atoms with E-state index >= 15 is 0 Å². The molecule has 0 aliphatic rings. The van der Waals surface area contributed by atoms with Crippen LogP contribution in [0.2, 0.25) is 0 Å². The van der Waals surface area contributed by atoms with Crippen molar-refractivity contribution in [2.24, 2.45) is 5.92 Å². The summed E-state index contributed by atoms with van der Waals surface area (Å²) in [7, 11) is 0. The number of hydrazine groups is 1. The van der Waals surface area contributed by atoms with Gasteiger partial charge in [-0.3, -0.25) is 35.9 Å². The Morgan fingerprint density at radius 3 is 2.47 bits per heavy atom. The van der Waals surface area contributed by atoms with Crippen LogP contribution in [0.4, 0.5) is 5.69 Å². The lowest BCUT2D eigenvalue weighted by molar-refractivity contribution is -0.384. The first-order valence-corrected chi connectivity index (χ1v) is 9.96. The molecule has 0 unspecified atom stereocenters. The largest absolute Gasteiger partial charge is 0.492 e. The van der Waals surface area contributed by atoms with Crippen LogP contribution in [0.5, 0.6) is 5.75 Å². The number of nitrogens with zero attached hydrogens (tertiary/aromatic N) is 1. The molecule has 0 atom stereocenters. The average molecular weight is 495 g/mol. The SMILES string of the molecule is CC(C)COc1ccc(C(=O)NC(=S)NNC(=O)c2cccc([N+](=O)[O-])c2)cc1Br. The highest BCUT2D eigenvalue weighted by atomic mass is 79.9. The molecule has 9 nitrogen and oxygen atoms in total. The number of hydrogen-bond acceptors (Lipinski definition) is 6. The van der Waals surface area contributed by atoms with Crippen molar-refractivity contribution in [3.05, 3.63) is 68.2 Å². The Morgan fingerprint density at radius 2 is 1.83 bits per heavy atom. The maximum atomic E-state index is 12.3. The van der Waals surface area contributed by atoms with Crippen molar-refractivity contribution in [2.75, 3.05) is 6.61 Å². The average Bonchev–Trinajstić information content (AvgIpc) is 2.70. The first kappa shape index (κ1) is 23.2. The van der Waals surface area contributed by atoms with Crippen LogP contribution >= 0.6 is 28.1 Å². The zero-order valence-electron chi connectivity index (χ0n) is 16.1. The fourth-order valence-corrected chi connectivity index (χ4v) is 2.81. The van der Waals surface area contributed by atoms with Gasteiger partial charge in [0.15, 0.2) is 5.11 Å². The van der Waals surface area contributed by atoms with Crippen LogP contribution in [0, 0.1) is 16.0 Å². The summed E-state index contributed by atoms with van der Waals surface area (Å²) in [6.45, 7) is 4.60. The number of thiocarbonyl (C=S) groups is 1. The lowest BCUT2D eigenvalue weighted by Gasteiger charge is -2.13. The van der Waals surface area contributed by atoms with E-state index in [9.17, 15) is 19.7 Å². The van der Waals surface area contributed by atoms with Crippen molar-refractivity contribution in [2.45, 2.75) is 13.8 Å². The van der Waals surface area contributed by atoms with Gasteiger partial charge in [-0.05, 0) is 58.3 Å². The number of rotatable bonds is 6. The van der Waals surface area contributed by atoms with Crippen LogP contribution in [-0.2, 0) is 0 Å². The van der Waals surface area contributed by atoms with E-state index in [2.05, 4.69) is 32.1 Å². The van der Waals surface area contributed by atoms with Gasteiger partial charge in [0, 0.05) is 23.3 Å². The molecule has 0 aliphatic heterocycles. The second-order valence-electron chi connectivity index (χ2n) is 6.52. The third-order valence-electron chi connectivity index (χ3n) is 3.60. The number of amides is 2. The highest BCUT2D eigenvalue weighted by molar-refractivity contribution is 9.10. The predicted molar refractivity (Wildman–Crippen MR) is 118 cm³/mol. The Morgan fingerprint density at radius 1 is 1.13 bits per heavy atom. The van der Waals surface area contributed by atoms with Crippen molar-refractivity contribution in [3.8, 4) is 5.75 Å². The van der Waals surface area contributed by atoms with Gasteiger partial charge in [-0.15, -0.1) is 0 Å². The topological polar surface area (TPSA) is 123 Å². The molecule has 2 aromatic carbocycles. The third-order valence-corrected chi connectivity index (χ3v) is 4.43. The lowest BCUT2D eigenvalue weighted by atomic mass is 10.2. The summed E-state index contributed by atoms with van der Waals surface area (Å²) in [5, 5.41) is 13.1. The smallest absolute Gasteiger partial charge is 0.270 e. The number of benzene rings is 2. The first-order valence-electron chi connectivity index (χ1n) is 8.76. The highest BCUT2D eigenvalue weighted by Crippen LogP contribution is 2.26. The van der Waals surface area contributed by atoms with Gasteiger partial charge in [0.05, 0.1) is 16.0 Å². The molecule has 3 N–H and O–H groups in total. The second-order valence-corrected chi connectivity index (χ2v) is 7.78. The van der Waals surface area contributed by atoms with Crippen molar-refractivity contribution in [1.82, 2.24) is 16.2 Å². The summed E-state index contributed by atoms with van der Waals surface area (Å²) in [5.41, 5.74) is 4.83. The van der Waals surface area contributed by atoms with E-state index in [1.165, 1.54) is 18.2 Å². The fourth-order valence-electron chi connectivity index (χ4n) is 2.17. The first-order chi connectivity index (χ1) is 14.2. The third kappa shape index (κ3) is 6.78. The van der Waals surface area contributed by atoms with Gasteiger partial charge in [0.1, 0.15) is 5.75 Å². The predicted octanol–water partition coefficient (Wildman–Crippen LogP) is 3.34. The molecule has 0 aliphatic carbocycles. The number of nitro groups is 1. The number of hydrogen-bond donors (Lipinski definition) is 3. The van der Waals surface area contributed by atoms with E-state index in [4.69, 9.17) is 17.0 Å². The maximum absolute atomic E-state index is 12.3. The number of non-ortho nitro benzene ring substituents is 1. The molecular weight excluding hydrogens is 476 g/mol. The Bertz CT molecular complexity index is 983. The summed E-state index contributed by atoms with van der Waals surface area (Å²) in [6.07, 6.45) is 0. The molecule has 2 amide bonds. The van der Waals surface area contributed by atoms with E-state index < -0.39 is 16.7 Å². The number of carbonyl (C=O) groups excluding carboxylic acids is 2. The van der Waals surface area contributed by atoms with E-state index in [0.29, 0.717) is 28.3 Å². The second kappa shape index (κ2) is 10.6. The van der Waals surface area contributed by atoms with Gasteiger partial charge in [0.25, 0.3) is 17.5 Å². The van der Waals surface area contributed by atoms with Crippen LogP contribution in [-0.4, -0.2) is 28.5 Å². The Labute approximate surface area is 186 Å². The summed E-state index contributed by atoms with van der Waals surface area (Å²) in [6, 6.07) is 10.0. The van der Waals surface area contributed by atoms with Gasteiger partial charge in [-0.1, -0.05) is 19.9 Å². The molecule has 0 saturated carbocycles. The Hall–Kier alpha value is -3.05. The van der Waals surface area contributed by atoms with E-state index in [1.807, 2.05) is 13.8 Å². The van der Waals surface area contributed by atoms with Gasteiger partial charge < -0.3 is 4.74 Å². The van der Waals surface area contributed by atoms with Gasteiger partial charge >= 0.3 is 0 Å². The van der Waals surface area contributed by atoms with Gasteiger partial charge in [0.2, 0.25) is 0 Å². The standard InChI is InChI=1S/C19H19BrN4O5S/c1-11(2)10-29-16-7-6-13(9-15(16)20)17(25)21-19(30)23-22-18(26)12-4-3-5-14(8-12)24(27)28/h3-9,11H,10H2,1-2H3,(H,22,26)(H2,21,23,25,30). The summed E-state index contributed by atoms with van der Waals surface area (Å²) < 4.78 is 6.26. The molecule has 30 heavy (non-hydrogen) atoms. The minimum atomic E-state index is -0.648. The van der Waals surface area contributed by atoms with E-state index in [-0.39, 0.29) is 16.4 Å². The zero-order valence-corrected chi connectivity index (χ0v) is 18.5. The molecule has 11 heteroatoms. The molecule has 0 fully saturated rings. The number of halogens is 1. The van der Waals surface area contributed by atoms with E-state index in [0.717, 1.165) is 6.07 Å². The lowest BCUT2D eigenvalue weighted by Crippen LogP contribution is -2.48. The summed E-state index contributed by atoms with van der Waals surface area (Å²) >= 11 is 8.36. The minimum Gasteiger partial charge on any atom is -0.492 e. The van der Waals surface area contributed by atoms with Crippen LogP contribution in [0.25, 0.3) is 0 Å². The quantitative estimate of drug-likeness (QED) is 0.319. The zero-order chi connectivity index (χ0) is 22.3. The highest BCUT2D eigenvalue weighted by Gasteiger charge is 2.14. The van der Waals surface area contributed by atoms with Gasteiger partial charge in [-0.2, -0.15) is 0 Å². The molecular formula is C19H19BrN4O5S. The van der Waals surface area contributed by atoms with Crippen molar-refractivity contribution in [3.63, 3.8) is 0 Å². The van der Waals surface area contributed by atoms with Gasteiger partial charge in [-0.25, -0.2) is 0 Å². The molecule has 0 aromatic heterocycles. The number of ether oxygens (including phenoxy) is 1. The molecule has 0 radical (unpaired) electrons. The normalized spacial score (nSPS) is 10.3. The number of carbonyl (C=O) groups is 2. The van der Waals surface area contributed by atoms with Crippen LogP contribution in [0.15, 0.2) is 46.9 Å². The fraction of sp³-hybridized carbons (Fsp3) is 0.211. The minimum absolute atomic E-state index is 0.0618. The van der Waals surface area contributed by atoms with Crippen molar-refractivity contribution in [1.29, 1.82) is 0 Å². The van der Waals surface area contributed by atoms with Crippen molar-refractivity contribution >= 4 is 50.8 Å². The summed E-state index contributed by atoms with van der Waals surface area (Å²) in [5.74, 6) is -0.163. The number of nitrogens with one attached hydrogen (secondary N) is 3. The molecule has 2 aromatic rings. The Balaban J connectivity index is 1.91.